The molecule has 8 rings (SSSR count). The number of likely N-dealkylation sites (tertiary alicyclic amines) is 1. The van der Waals surface area contributed by atoms with Gasteiger partial charge in [-0.05, 0) is 67.3 Å². The molecule has 2 saturated carbocycles. The SMILES string of the molecule is COc1cc(C(=O)N2CC3CCC2C3N)cc2nc(-c3cc4ccc(-c5cn[nH]c5)cc4n3CC3CC3)n(C)c12. The number of aromatic nitrogens is 5. The topological polar surface area (TPSA) is 107 Å². The van der Waals surface area contributed by atoms with Crippen molar-refractivity contribution in [2.75, 3.05) is 13.7 Å². The molecule has 1 aliphatic heterocycles. The van der Waals surface area contributed by atoms with Gasteiger partial charge < -0.3 is 24.5 Å². The summed E-state index contributed by atoms with van der Waals surface area (Å²) in [4.78, 5) is 20.8. The van der Waals surface area contributed by atoms with Gasteiger partial charge in [0.1, 0.15) is 11.3 Å². The van der Waals surface area contributed by atoms with Crippen molar-refractivity contribution < 1.29 is 9.53 Å². The Labute approximate surface area is 231 Å². The van der Waals surface area contributed by atoms with Crippen LogP contribution < -0.4 is 10.5 Å². The molecule has 4 heterocycles. The molecule has 1 saturated heterocycles. The summed E-state index contributed by atoms with van der Waals surface area (Å²) in [6, 6.07) is 12.8. The summed E-state index contributed by atoms with van der Waals surface area (Å²) in [7, 11) is 3.69. The highest BCUT2D eigenvalue weighted by atomic mass is 16.5. The largest absolute Gasteiger partial charge is 0.494 e. The van der Waals surface area contributed by atoms with E-state index in [1.54, 1.807) is 7.11 Å². The highest BCUT2D eigenvalue weighted by Gasteiger charge is 2.47. The van der Waals surface area contributed by atoms with Gasteiger partial charge in [-0.25, -0.2) is 4.98 Å². The number of benzene rings is 2. The monoisotopic (exact) mass is 535 g/mol. The number of amides is 1. The predicted octanol–water partition coefficient (Wildman–Crippen LogP) is 4.57. The van der Waals surface area contributed by atoms with E-state index in [9.17, 15) is 4.79 Å². The first-order valence-electron chi connectivity index (χ1n) is 14.2. The molecule has 3 atom stereocenters. The fourth-order valence-electron chi connectivity index (χ4n) is 7.05. The lowest BCUT2D eigenvalue weighted by Crippen LogP contribution is -2.41. The lowest BCUT2D eigenvalue weighted by Gasteiger charge is -2.27. The van der Waals surface area contributed by atoms with Crippen LogP contribution in [-0.2, 0) is 13.6 Å². The number of nitrogens with zero attached hydrogens (tertiary/aromatic N) is 5. The van der Waals surface area contributed by atoms with E-state index in [1.165, 1.54) is 23.7 Å². The molecule has 204 valence electrons. The Bertz CT molecular complexity index is 1780. The summed E-state index contributed by atoms with van der Waals surface area (Å²) < 4.78 is 10.4. The van der Waals surface area contributed by atoms with Crippen LogP contribution >= 0.6 is 0 Å². The van der Waals surface area contributed by atoms with Crippen LogP contribution in [0.15, 0.2) is 48.8 Å². The van der Waals surface area contributed by atoms with Gasteiger partial charge in [-0.1, -0.05) is 12.1 Å². The minimum atomic E-state index is 0.0182. The van der Waals surface area contributed by atoms with Crippen molar-refractivity contribution >= 4 is 27.8 Å². The molecule has 2 aliphatic carbocycles. The first-order valence-corrected chi connectivity index (χ1v) is 14.2. The van der Waals surface area contributed by atoms with Crippen LogP contribution in [0.25, 0.3) is 44.6 Å². The van der Waals surface area contributed by atoms with Crippen molar-refractivity contribution in [3.63, 3.8) is 0 Å². The Hall–Kier alpha value is -4.11. The molecule has 9 heteroatoms. The number of fused-ring (bicyclic) bond motifs is 4. The molecule has 0 radical (unpaired) electrons. The van der Waals surface area contributed by atoms with E-state index < -0.39 is 0 Å². The Morgan fingerprint density at radius 2 is 2.00 bits per heavy atom. The Balaban J connectivity index is 1.25. The molecule has 3 unspecified atom stereocenters. The second kappa shape index (κ2) is 8.69. The van der Waals surface area contributed by atoms with Crippen LogP contribution in [0.2, 0.25) is 0 Å². The fourth-order valence-corrected chi connectivity index (χ4v) is 7.05. The summed E-state index contributed by atoms with van der Waals surface area (Å²) in [5, 5.41) is 8.23. The molecular formula is C31H33N7O2. The Morgan fingerprint density at radius 1 is 1.12 bits per heavy atom. The smallest absolute Gasteiger partial charge is 0.254 e. The van der Waals surface area contributed by atoms with Crippen molar-refractivity contribution in [1.82, 2.24) is 29.2 Å². The predicted molar refractivity (Wildman–Crippen MR) is 154 cm³/mol. The first-order chi connectivity index (χ1) is 19.5. The zero-order chi connectivity index (χ0) is 27.1. The van der Waals surface area contributed by atoms with Gasteiger partial charge in [0.15, 0.2) is 5.82 Å². The number of ether oxygens (including phenoxy) is 1. The number of rotatable bonds is 6. The normalized spacial score (nSPS) is 22.2. The third-order valence-corrected chi connectivity index (χ3v) is 9.42. The van der Waals surface area contributed by atoms with Crippen LogP contribution in [0, 0.1) is 11.8 Å². The van der Waals surface area contributed by atoms with Crippen LogP contribution in [0.1, 0.15) is 36.0 Å². The van der Waals surface area contributed by atoms with Gasteiger partial charge in [-0.15, -0.1) is 0 Å². The van der Waals surface area contributed by atoms with Gasteiger partial charge in [-0.2, -0.15) is 5.10 Å². The van der Waals surface area contributed by atoms with E-state index in [1.807, 2.05) is 36.5 Å². The number of nitrogens with two attached hydrogens (primary N) is 1. The van der Waals surface area contributed by atoms with E-state index in [-0.39, 0.29) is 18.0 Å². The van der Waals surface area contributed by atoms with Crippen LogP contribution in [0.4, 0.5) is 0 Å². The minimum Gasteiger partial charge on any atom is -0.494 e. The molecule has 3 N–H and O–H groups in total. The zero-order valence-corrected chi connectivity index (χ0v) is 22.8. The van der Waals surface area contributed by atoms with Gasteiger partial charge in [0.2, 0.25) is 0 Å². The number of carbonyl (C=O) groups is 1. The van der Waals surface area contributed by atoms with E-state index in [2.05, 4.69) is 43.6 Å². The Morgan fingerprint density at radius 3 is 2.70 bits per heavy atom. The quantitative estimate of drug-likeness (QED) is 0.331. The maximum Gasteiger partial charge on any atom is 0.254 e. The second-order valence-corrected chi connectivity index (χ2v) is 11.8. The van der Waals surface area contributed by atoms with Crippen LogP contribution in [-0.4, -0.2) is 60.9 Å². The van der Waals surface area contributed by atoms with Crippen molar-refractivity contribution in [3.05, 3.63) is 54.4 Å². The summed E-state index contributed by atoms with van der Waals surface area (Å²) in [5.41, 5.74) is 13.1. The van der Waals surface area contributed by atoms with E-state index >= 15 is 0 Å². The lowest BCUT2D eigenvalue weighted by molar-refractivity contribution is 0.0700. The van der Waals surface area contributed by atoms with Gasteiger partial charge in [0.05, 0.1) is 24.5 Å². The van der Waals surface area contributed by atoms with Crippen molar-refractivity contribution in [2.45, 2.75) is 44.3 Å². The standard InChI is InChI=1S/C31H33N7O2/c1-36-29-23(9-21(12-27(29)40-2)31(39)38-16-20-7-8-24(38)28(20)32)35-30(36)26-11-19-6-5-18(22-13-33-34-14-22)10-25(19)37(26)15-17-3-4-17/h5-6,9-14,17,20,24,28H,3-4,7-8,15-16,32H2,1-2H3,(H,33,34). The highest BCUT2D eigenvalue weighted by molar-refractivity contribution is 6.00. The molecule has 40 heavy (non-hydrogen) atoms. The number of aryl methyl sites for hydroxylation is 1. The average molecular weight is 536 g/mol. The molecular weight excluding hydrogens is 502 g/mol. The molecule has 3 aromatic heterocycles. The summed E-state index contributed by atoms with van der Waals surface area (Å²) in [6.07, 6.45) is 8.38. The molecule has 3 aliphatic rings. The third-order valence-electron chi connectivity index (χ3n) is 9.42. The number of methoxy groups -OCH3 is 1. The number of nitrogens with one attached hydrogen (secondary N) is 1. The highest BCUT2D eigenvalue weighted by Crippen LogP contribution is 2.40. The third kappa shape index (κ3) is 3.53. The molecule has 5 aromatic rings. The first kappa shape index (κ1) is 23.7. The van der Waals surface area contributed by atoms with Gasteiger partial charge in [0, 0.05) is 60.4 Å². The number of imidazole rings is 1. The molecule has 2 aromatic carbocycles. The molecule has 2 bridgehead atoms. The molecule has 1 amide bonds. The van der Waals surface area contributed by atoms with Gasteiger partial charge in [0.25, 0.3) is 5.91 Å². The Kier molecular flexibility index (Phi) is 5.16. The van der Waals surface area contributed by atoms with Crippen LogP contribution in [0.3, 0.4) is 0 Å². The molecule has 0 spiro atoms. The summed E-state index contributed by atoms with van der Waals surface area (Å²) in [5.74, 6) is 2.63. The molecule has 3 fully saturated rings. The van der Waals surface area contributed by atoms with Crippen molar-refractivity contribution in [1.29, 1.82) is 0 Å². The number of carbonyl (C=O) groups excluding carboxylic acids is 1. The van der Waals surface area contributed by atoms with Gasteiger partial charge >= 0.3 is 0 Å². The number of H-pyrrole nitrogens is 1. The lowest BCUT2D eigenvalue weighted by atomic mass is 10.1. The average Bonchev–Trinajstić information content (AvgIpc) is 3.34. The van der Waals surface area contributed by atoms with Crippen molar-refractivity contribution in [2.24, 2.45) is 24.6 Å². The van der Waals surface area contributed by atoms with Gasteiger partial charge in [-0.3, -0.25) is 9.89 Å². The van der Waals surface area contributed by atoms with Crippen LogP contribution in [0.5, 0.6) is 5.75 Å². The number of piperidine rings is 1. The van der Waals surface area contributed by atoms with E-state index in [0.717, 1.165) is 59.6 Å². The van der Waals surface area contributed by atoms with E-state index in [0.29, 0.717) is 23.1 Å². The second-order valence-electron chi connectivity index (χ2n) is 11.8. The maximum atomic E-state index is 13.7. The molecule has 9 nitrogen and oxygen atoms in total. The van der Waals surface area contributed by atoms with Crippen molar-refractivity contribution in [3.8, 4) is 28.4 Å². The maximum absolute atomic E-state index is 13.7. The summed E-state index contributed by atoms with van der Waals surface area (Å²) in [6.45, 7) is 1.69. The minimum absolute atomic E-state index is 0.0182. The number of hydrogen-bond acceptors (Lipinski definition) is 5. The fraction of sp³-hybridized carbons (Fsp3) is 0.387. The summed E-state index contributed by atoms with van der Waals surface area (Å²) >= 11 is 0. The van der Waals surface area contributed by atoms with E-state index in [4.69, 9.17) is 15.5 Å². The number of aromatic amines is 1. The zero-order valence-electron chi connectivity index (χ0n) is 22.8. The number of hydrogen-bond donors (Lipinski definition) is 2.